The van der Waals surface area contributed by atoms with Gasteiger partial charge in [0.2, 0.25) is 17.7 Å². The van der Waals surface area contributed by atoms with Crippen LogP contribution in [0.25, 0.3) is 0 Å². The highest BCUT2D eigenvalue weighted by atomic mass is 16.6. The molecule has 3 heterocycles. The first-order chi connectivity index (χ1) is 15.3. The number of imide groups is 2. The molecule has 0 N–H and O–H groups in total. The third-order valence-electron chi connectivity index (χ3n) is 7.48. The number of ether oxygens (including phenoxy) is 1. The van der Waals surface area contributed by atoms with Crippen molar-refractivity contribution in [2.75, 3.05) is 7.05 Å². The van der Waals surface area contributed by atoms with Crippen molar-refractivity contribution in [3.05, 3.63) is 47.0 Å². The van der Waals surface area contributed by atoms with Crippen molar-refractivity contribution in [2.24, 2.45) is 22.7 Å². The van der Waals surface area contributed by atoms with Gasteiger partial charge >= 0.3 is 6.09 Å². The Labute approximate surface area is 185 Å². The Hall–Kier alpha value is -3.29. The Morgan fingerprint density at radius 3 is 2.53 bits per heavy atom. The largest absolute Gasteiger partial charge is 0.424 e. The van der Waals surface area contributed by atoms with E-state index in [1.54, 1.807) is 6.92 Å². The number of nitrogens with zero attached hydrogens (tertiary/aromatic N) is 3. The highest BCUT2D eigenvalue weighted by Gasteiger charge is 2.68. The lowest BCUT2D eigenvalue weighted by molar-refractivity contribution is -0.139. The minimum Gasteiger partial charge on any atom is -0.393 e. The zero-order valence-corrected chi connectivity index (χ0v) is 18.3. The van der Waals surface area contributed by atoms with Crippen molar-refractivity contribution in [1.29, 1.82) is 0 Å². The minimum absolute atomic E-state index is 0.132. The van der Waals surface area contributed by atoms with Crippen molar-refractivity contribution in [3.8, 4) is 0 Å². The second-order valence-electron chi connectivity index (χ2n) is 9.00. The zero-order valence-electron chi connectivity index (χ0n) is 18.3. The lowest BCUT2D eigenvalue weighted by atomic mass is 9.59. The quantitative estimate of drug-likeness (QED) is 0.680. The summed E-state index contributed by atoms with van der Waals surface area (Å²) in [7, 11) is 1.50. The number of cyclic esters (lactones) is 1. The molecule has 1 saturated carbocycles. The van der Waals surface area contributed by atoms with Crippen LogP contribution in [0.15, 0.2) is 46.5 Å². The Morgan fingerprint density at radius 1 is 1.12 bits per heavy atom. The third-order valence-corrected chi connectivity index (χ3v) is 7.48. The van der Waals surface area contributed by atoms with E-state index in [4.69, 9.17) is 4.74 Å². The van der Waals surface area contributed by atoms with Gasteiger partial charge in [0.1, 0.15) is 5.54 Å². The summed E-state index contributed by atoms with van der Waals surface area (Å²) in [6.07, 6.45) is 0.721. The molecular formula is C24H25N3O5. The molecule has 1 aromatic carbocycles. The third kappa shape index (κ3) is 2.58. The van der Waals surface area contributed by atoms with Crippen LogP contribution in [-0.2, 0) is 25.7 Å². The fraction of sp³-hybridized carbons (Fsp3) is 0.458. The van der Waals surface area contributed by atoms with Crippen LogP contribution >= 0.6 is 0 Å². The normalized spacial score (nSPS) is 33.0. The van der Waals surface area contributed by atoms with Crippen LogP contribution in [0.5, 0.6) is 0 Å². The van der Waals surface area contributed by atoms with Gasteiger partial charge in [0.25, 0.3) is 5.91 Å². The minimum atomic E-state index is -1.25. The standard InChI is InChI=1S/C24H25N3O5/c1-4-14-15-10-11-16-17(21(30)26(3)19(16)28)18(15)24(2)22(32-23(31)27(24)20(14)29)25-12-13-8-6-5-7-9-13/h5-9,16-18H,4,10-12H2,1-3H3/t16-,17-,18+,24+/m1/s1. The molecule has 0 spiro atoms. The van der Waals surface area contributed by atoms with E-state index in [2.05, 4.69) is 4.99 Å². The second kappa shape index (κ2) is 7.12. The molecule has 5 rings (SSSR count). The zero-order chi connectivity index (χ0) is 22.8. The van der Waals surface area contributed by atoms with Gasteiger partial charge in [-0.15, -0.1) is 0 Å². The fourth-order valence-corrected chi connectivity index (χ4v) is 5.97. The lowest BCUT2D eigenvalue weighted by Crippen LogP contribution is -2.63. The molecule has 4 atom stereocenters. The number of aliphatic imine (C=N–C) groups is 1. The number of rotatable bonds is 3. The molecule has 8 nitrogen and oxygen atoms in total. The number of carbonyl (C=O) groups excluding carboxylic acids is 4. The number of carbonyl (C=O) groups is 4. The molecule has 32 heavy (non-hydrogen) atoms. The van der Waals surface area contributed by atoms with E-state index in [-0.39, 0.29) is 30.2 Å². The van der Waals surface area contributed by atoms with E-state index in [9.17, 15) is 19.2 Å². The molecule has 3 aliphatic heterocycles. The Morgan fingerprint density at radius 2 is 1.84 bits per heavy atom. The smallest absolute Gasteiger partial charge is 0.393 e. The van der Waals surface area contributed by atoms with Gasteiger partial charge in [-0.3, -0.25) is 19.3 Å². The molecular weight excluding hydrogens is 410 g/mol. The van der Waals surface area contributed by atoms with Crippen LogP contribution in [0.1, 0.15) is 38.7 Å². The Bertz CT molecular complexity index is 1110. The van der Waals surface area contributed by atoms with Crippen molar-refractivity contribution in [1.82, 2.24) is 9.80 Å². The number of likely N-dealkylation sites (tertiary alicyclic amines) is 1. The molecule has 0 aromatic heterocycles. The monoisotopic (exact) mass is 435 g/mol. The summed E-state index contributed by atoms with van der Waals surface area (Å²) in [5, 5.41) is 0. The molecule has 1 aliphatic carbocycles. The van der Waals surface area contributed by atoms with E-state index < -0.39 is 29.4 Å². The first kappa shape index (κ1) is 20.6. The first-order valence-corrected chi connectivity index (χ1v) is 11.0. The van der Waals surface area contributed by atoms with Gasteiger partial charge in [0, 0.05) is 18.5 Å². The van der Waals surface area contributed by atoms with Gasteiger partial charge in [-0.05, 0) is 31.7 Å². The maximum Gasteiger partial charge on any atom is 0.424 e. The van der Waals surface area contributed by atoms with Gasteiger partial charge in [-0.1, -0.05) is 42.8 Å². The van der Waals surface area contributed by atoms with Crippen LogP contribution in [0.3, 0.4) is 0 Å². The number of benzene rings is 1. The van der Waals surface area contributed by atoms with Crippen molar-refractivity contribution < 1.29 is 23.9 Å². The molecule has 1 aromatic rings. The summed E-state index contributed by atoms with van der Waals surface area (Å²) in [6, 6.07) is 9.52. The number of hydrogen-bond acceptors (Lipinski definition) is 6. The molecule has 166 valence electrons. The van der Waals surface area contributed by atoms with Crippen LogP contribution in [0.4, 0.5) is 4.79 Å². The average molecular weight is 435 g/mol. The van der Waals surface area contributed by atoms with E-state index >= 15 is 0 Å². The number of hydrogen-bond donors (Lipinski definition) is 0. The van der Waals surface area contributed by atoms with Crippen LogP contribution in [0, 0.1) is 17.8 Å². The van der Waals surface area contributed by atoms with Crippen molar-refractivity contribution in [3.63, 3.8) is 0 Å². The van der Waals surface area contributed by atoms with Crippen LogP contribution in [-0.4, -0.2) is 52.1 Å². The lowest BCUT2D eigenvalue weighted by Gasteiger charge is -2.48. The first-order valence-electron chi connectivity index (χ1n) is 11.0. The summed E-state index contributed by atoms with van der Waals surface area (Å²) in [5.74, 6) is -2.36. The molecule has 0 unspecified atom stereocenters. The predicted molar refractivity (Wildman–Crippen MR) is 114 cm³/mol. The molecule has 4 aliphatic rings. The van der Waals surface area contributed by atoms with Gasteiger partial charge in [-0.25, -0.2) is 14.7 Å². The van der Waals surface area contributed by atoms with E-state index in [1.807, 2.05) is 37.3 Å². The maximum atomic E-state index is 13.4. The van der Waals surface area contributed by atoms with E-state index in [0.29, 0.717) is 24.8 Å². The Balaban J connectivity index is 1.67. The van der Waals surface area contributed by atoms with Crippen molar-refractivity contribution >= 4 is 29.7 Å². The molecule has 0 radical (unpaired) electrons. The molecule has 4 amide bonds. The maximum absolute atomic E-state index is 13.4. The molecule has 3 fully saturated rings. The summed E-state index contributed by atoms with van der Waals surface area (Å²) in [6.45, 7) is 3.88. The van der Waals surface area contributed by atoms with Crippen molar-refractivity contribution in [2.45, 2.75) is 45.2 Å². The van der Waals surface area contributed by atoms with E-state index in [1.165, 1.54) is 11.9 Å². The van der Waals surface area contributed by atoms with Crippen LogP contribution < -0.4 is 0 Å². The second-order valence-corrected chi connectivity index (χ2v) is 9.00. The molecule has 0 bridgehead atoms. The number of amides is 4. The summed E-state index contributed by atoms with van der Waals surface area (Å²) in [5.41, 5.74) is 1.08. The van der Waals surface area contributed by atoms with Gasteiger partial charge < -0.3 is 4.74 Å². The average Bonchev–Trinajstić information content (AvgIpc) is 3.18. The Kier molecular flexibility index (Phi) is 4.58. The SMILES string of the molecule is CCC1=C2CC[C@H]3C(=O)N(C)C(=O)[C@H]3[C@H]2[C@@]2(C)C(=NCc3ccccc3)OC(=O)N2C1=O. The van der Waals surface area contributed by atoms with Gasteiger partial charge in [0.15, 0.2) is 0 Å². The van der Waals surface area contributed by atoms with Gasteiger partial charge in [-0.2, -0.15) is 0 Å². The fourth-order valence-electron chi connectivity index (χ4n) is 5.97. The highest BCUT2D eigenvalue weighted by Crippen LogP contribution is 2.55. The highest BCUT2D eigenvalue weighted by molar-refractivity contribution is 6.16. The van der Waals surface area contributed by atoms with E-state index in [0.717, 1.165) is 16.0 Å². The summed E-state index contributed by atoms with van der Waals surface area (Å²) in [4.78, 5) is 59.2. The topological polar surface area (TPSA) is 96.3 Å². The summed E-state index contributed by atoms with van der Waals surface area (Å²) < 4.78 is 5.56. The van der Waals surface area contributed by atoms with Crippen LogP contribution in [0.2, 0.25) is 0 Å². The molecule has 8 heteroatoms. The number of fused-ring (bicyclic) bond motifs is 5. The molecule has 2 saturated heterocycles. The predicted octanol–water partition coefficient (Wildman–Crippen LogP) is 2.68. The summed E-state index contributed by atoms with van der Waals surface area (Å²) >= 11 is 0. The van der Waals surface area contributed by atoms with Gasteiger partial charge in [0.05, 0.1) is 18.4 Å².